The fraction of sp³-hybridized carbons (Fsp3) is 0.346. The second-order valence-electron chi connectivity index (χ2n) is 18.4. The van der Waals surface area contributed by atoms with E-state index >= 15 is 0 Å². The molecule has 0 bridgehead atoms. The van der Waals surface area contributed by atoms with Crippen molar-refractivity contribution >= 4 is 70.6 Å². The third kappa shape index (κ3) is 10.7. The molecule has 1 aliphatic carbocycles. The van der Waals surface area contributed by atoms with Crippen LogP contribution in [0.3, 0.4) is 0 Å². The maximum absolute atomic E-state index is 11.7. The van der Waals surface area contributed by atoms with Crippen LogP contribution in [0.1, 0.15) is 83.8 Å². The smallest absolute Gasteiger partial charge is 0.748 e. The van der Waals surface area contributed by atoms with Gasteiger partial charge in [-0.05, 0) is 131 Å². The fourth-order valence-electron chi connectivity index (χ4n) is 10.3. The molecule has 0 aromatic heterocycles. The summed E-state index contributed by atoms with van der Waals surface area (Å²) in [4.78, 5) is 7.04. The van der Waals surface area contributed by atoms with Gasteiger partial charge in [0.15, 0.2) is 0 Å². The van der Waals surface area contributed by atoms with Crippen LogP contribution < -0.4 is 45.1 Å². The topological polar surface area (TPSA) is 144 Å². The molecule has 0 radical (unpaired) electrons. The Morgan fingerprint density at radius 2 is 1.37 bits per heavy atom. The van der Waals surface area contributed by atoms with E-state index in [1.54, 1.807) is 11.8 Å². The minimum absolute atomic E-state index is 0. The van der Waals surface area contributed by atoms with Crippen LogP contribution in [0.2, 0.25) is 0 Å². The first-order chi connectivity index (χ1) is 30.4. The van der Waals surface area contributed by atoms with Crippen LogP contribution in [0, 0.1) is 0 Å². The number of thioether (sulfide) groups is 1. The predicted octanol–water partition coefficient (Wildman–Crippen LogP) is 8.43. The third-order valence-electron chi connectivity index (χ3n) is 13.3. The van der Waals surface area contributed by atoms with Crippen molar-refractivity contribution in [3.63, 3.8) is 0 Å². The van der Waals surface area contributed by atoms with Gasteiger partial charge in [-0.1, -0.05) is 118 Å². The van der Waals surface area contributed by atoms with Crippen LogP contribution in [-0.4, -0.2) is 56.6 Å². The molecule has 1 unspecified atom stereocenters. The molecular weight excluding hydrogens is 882 g/mol. The second kappa shape index (κ2) is 19.8. The van der Waals surface area contributed by atoms with Crippen LogP contribution in [0.5, 0.6) is 0 Å². The minimum Gasteiger partial charge on any atom is -0.748 e. The molecule has 65 heavy (non-hydrogen) atoms. The quantitative estimate of drug-likeness (QED) is 0.0455. The van der Waals surface area contributed by atoms with E-state index in [-0.39, 0.29) is 57.9 Å². The van der Waals surface area contributed by atoms with Gasteiger partial charge in [-0.15, -0.1) is 0 Å². The molecular formula is C52H58N3NaO6S3. The first-order valence-corrected chi connectivity index (χ1v) is 26.3. The zero-order valence-corrected chi connectivity index (χ0v) is 42.5. The molecule has 5 aromatic carbocycles. The number of fused-ring (bicyclic) bond motifs is 6. The number of nitrogens with zero attached hydrogens (tertiary/aromatic N) is 2. The van der Waals surface area contributed by atoms with E-state index in [2.05, 4.69) is 147 Å². The maximum atomic E-state index is 11.7. The van der Waals surface area contributed by atoms with E-state index in [0.717, 1.165) is 41.2 Å². The van der Waals surface area contributed by atoms with Crippen LogP contribution >= 0.6 is 11.8 Å². The molecule has 3 aliphatic rings. The van der Waals surface area contributed by atoms with Crippen LogP contribution in [-0.2, 0) is 31.1 Å². The van der Waals surface area contributed by atoms with Crippen molar-refractivity contribution in [3.05, 3.63) is 154 Å². The van der Waals surface area contributed by atoms with Gasteiger partial charge in [0.25, 0.3) is 10.1 Å². The molecule has 0 saturated heterocycles. The average molecular weight is 940 g/mol. The first-order valence-electron chi connectivity index (χ1n) is 22.3. The molecule has 3 N–H and O–H groups in total. The fourth-order valence-corrected chi connectivity index (χ4v) is 12.5. The van der Waals surface area contributed by atoms with E-state index in [9.17, 15) is 25.9 Å². The summed E-state index contributed by atoms with van der Waals surface area (Å²) in [6, 6.07) is 33.6. The van der Waals surface area contributed by atoms with Gasteiger partial charge in [0.2, 0.25) is 0 Å². The summed E-state index contributed by atoms with van der Waals surface area (Å²) in [7, 11) is -8.36. The Morgan fingerprint density at radius 1 is 0.754 bits per heavy atom. The van der Waals surface area contributed by atoms with Crippen molar-refractivity contribution in [1.82, 2.24) is 0 Å². The average Bonchev–Trinajstić information content (AvgIpc) is 3.61. The van der Waals surface area contributed by atoms with E-state index in [1.165, 1.54) is 48.7 Å². The van der Waals surface area contributed by atoms with Gasteiger partial charge in [-0.2, -0.15) is 8.42 Å². The molecule has 13 heteroatoms. The normalized spacial score (nSPS) is 19.4. The van der Waals surface area contributed by atoms with Crippen LogP contribution in [0.15, 0.2) is 148 Å². The predicted molar refractivity (Wildman–Crippen MR) is 265 cm³/mol. The molecule has 8 rings (SSSR count). The number of hydrogen-bond acceptors (Lipinski definition) is 9. The zero-order chi connectivity index (χ0) is 45.4. The van der Waals surface area contributed by atoms with Crippen LogP contribution in [0.4, 0.5) is 17.1 Å². The van der Waals surface area contributed by atoms with Gasteiger partial charge >= 0.3 is 29.6 Å². The monoisotopic (exact) mass is 939 g/mol. The maximum Gasteiger partial charge on any atom is 1.00 e. The Bertz CT molecular complexity index is 2940. The largest absolute Gasteiger partial charge is 1.00 e. The molecule has 0 saturated carbocycles. The summed E-state index contributed by atoms with van der Waals surface area (Å²) in [5, 5.41) is 4.75. The third-order valence-corrected chi connectivity index (χ3v) is 16.1. The van der Waals surface area contributed by atoms with Gasteiger partial charge in [0.1, 0.15) is 0 Å². The zero-order valence-electron chi connectivity index (χ0n) is 38.1. The molecule has 0 spiro atoms. The summed E-state index contributed by atoms with van der Waals surface area (Å²) in [5.74, 6) is -0.639. The number of rotatable bonds is 15. The van der Waals surface area contributed by atoms with Gasteiger partial charge in [-0.3, -0.25) is 4.55 Å². The summed E-state index contributed by atoms with van der Waals surface area (Å²) in [5.41, 5.74) is 14.6. The molecule has 2 heterocycles. The minimum atomic E-state index is -4.31. The van der Waals surface area contributed by atoms with E-state index in [1.807, 2.05) is 12.1 Å². The molecule has 5 aromatic rings. The second-order valence-corrected chi connectivity index (χ2v) is 22.6. The molecule has 2 aliphatic heterocycles. The number of hydrogen-bond donors (Lipinski definition) is 2. The van der Waals surface area contributed by atoms with Gasteiger partial charge in [0, 0.05) is 62.2 Å². The Balaban J connectivity index is 0.00000630. The van der Waals surface area contributed by atoms with Crippen molar-refractivity contribution in [2.24, 2.45) is 0 Å². The van der Waals surface area contributed by atoms with Crippen molar-refractivity contribution in [2.45, 2.75) is 94.4 Å². The summed E-state index contributed by atoms with van der Waals surface area (Å²) in [6.45, 7) is 10.4. The number of nitrogen functional groups attached to an aromatic ring is 1. The Morgan fingerprint density at radius 3 is 2.03 bits per heavy atom. The molecule has 1 atom stereocenters. The number of nitrogens with two attached hydrogens (primary N) is 1. The first kappa shape index (κ1) is 49.1. The van der Waals surface area contributed by atoms with E-state index in [4.69, 9.17) is 5.73 Å². The summed E-state index contributed by atoms with van der Waals surface area (Å²) >= 11 is 1.75. The summed E-state index contributed by atoms with van der Waals surface area (Å²) in [6.07, 6.45) is 13.8. The molecule has 0 fully saturated rings. The van der Waals surface area contributed by atoms with Crippen molar-refractivity contribution in [1.29, 1.82) is 0 Å². The molecule has 0 amide bonds. The van der Waals surface area contributed by atoms with Gasteiger partial charge in [-0.25, -0.2) is 8.42 Å². The van der Waals surface area contributed by atoms with Gasteiger partial charge < -0.3 is 20.1 Å². The number of unbranched alkanes of at least 4 members (excludes halogenated alkanes) is 2. The Kier molecular flexibility index (Phi) is 14.9. The van der Waals surface area contributed by atoms with Crippen LogP contribution in [0.25, 0.3) is 21.5 Å². The van der Waals surface area contributed by atoms with E-state index < -0.39 is 20.2 Å². The number of anilines is 3. The van der Waals surface area contributed by atoms with Crippen molar-refractivity contribution in [2.75, 3.05) is 40.1 Å². The Hall–Kier alpha value is -3.85. The van der Waals surface area contributed by atoms with E-state index in [0.29, 0.717) is 44.5 Å². The Labute approximate surface area is 411 Å². The molecule has 336 valence electrons. The molecule has 9 nitrogen and oxygen atoms in total. The SMILES string of the molecule is CC1(C)/C(=C\C=C2/CCCC(/C=C/C3N(CCCCS(=O)(=O)O)c4ccc5ccccc5c4C3(C)C)=C2Sc2ccc(N)cc2)N(CCCCS(=O)(=O)[O-])c2ccc3ccccc3c21.[Na+]. The number of allylic oxidation sites excluding steroid dienone is 6. The van der Waals surface area contributed by atoms with Crippen molar-refractivity contribution < 1.29 is 55.5 Å². The standard InChI is InChI=1S/C52H59N3O6S3.Na/c1-51(2)46(54(32-9-11-34-63(56,57)58)44-28-20-36-14-5-7-18-42(36)48(44)51)30-22-38-16-13-17-39(50(38)62-41-26-24-40(53)25-27-41)23-31-47-52(3,4)49-43-19-8-6-15-37(43)21-29-45(49)55(47)33-10-12-35-64(59,60)61;/h5-8,14-15,18-31,46H,9-13,16-17,32-35,53H2,1-4H3,(H,56,57,58)(H,59,60,61);/q;+1/p-1/b30-22+,39-23+,47-31+;. The number of benzene rings is 5. The van der Waals surface area contributed by atoms with Gasteiger partial charge in [0.05, 0.1) is 21.9 Å². The van der Waals surface area contributed by atoms with Crippen molar-refractivity contribution in [3.8, 4) is 0 Å². The summed E-state index contributed by atoms with van der Waals surface area (Å²) < 4.78 is 67.4.